The molecule has 32 heavy (non-hydrogen) atoms. The highest BCUT2D eigenvalue weighted by Gasteiger charge is 2.23. The maximum Gasteiger partial charge on any atom is 0.332 e. The number of rotatable bonds is 6. The van der Waals surface area contributed by atoms with Gasteiger partial charge in [-0.05, 0) is 24.3 Å². The van der Waals surface area contributed by atoms with Crippen LogP contribution in [0.5, 0.6) is 5.75 Å². The molecule has 11 heteroatoms. The molecule has 0 atom stereocenters. The summed E-state index contributed by atoms with van der Waals surface area (Å²) in [5, 5.41) is 0. The number of carbonyl (C=O) groups is 1. The van der Waals surface area contributed by atoms with Crippen LogP contribution < -0.4 is 26.6 Å². The molecule has 1 aliphatic heterocycles. The number of aryl methyl sites for hydroxylation is 1. The first-order valence-electron chi connectivity index (χ1n) is 10.3. The van der Waals surface area contributed by atoms with Gasteiger partial charge >= 0.3 is 5.69 Å². The smallest absolute Gasteiger partial charge is 0.332 e. The molecule has 0 aliphatic carbocycles. The van der Waals surface area contributed by atoms with Gasteiger partial charge in [-0.15, -0.1) is 0 Å². The Labute approximate surface area is 184 Å². The number of nitrogens with zero attached hydrogens (tertiary/aromatic N) is 6. The number of fused-ring (bicyclic) bond motifs is 1. The fourth-order valence-corrected chi connectivity index (χ4v) is 4.10. The number of imidazole rings is 1. The van der Waals surface area contributed by atoms with E-state index in [0.717, 1.165) is 42.2 Å². The van der Waals surface area contributed by atoms with Crippen molar-refractivity contribution in [3.8, 4) is 5.75 Å². The van der Waals surface area contributed by atoms with Gasteiger partial charge in [0.05, 0.1) is 13.7 Å². The largest absolute Gasteiger partial charge is 0.497 e. The third kappa shape index (κ3) is 3.86. The normalized spacial score (nSPS) is 14.8. The van der Waals surface area contributed by atoms with Crippen molar-refractivity contribution < 1.29 is 9.53 Å². The molecular weight excluding hydrogens is 414 g/mol. The molecule has 4 rings (SSSR count). The molecule has 0 saturated carbocycles. The second-order valence-electron chi connectivity index (χ2n) is 7.92. The van der Waals surface area contributed by atoms with Crippen LogP contribution in [0, 0.1) is 0 Å². The Kier molecular flexibility index (Phi) is 5.74. The van der Waals surface area contributed by atoms with Crippen molar-refractivity contribution in [1.82, 2.24) is 23.6 Å². The van der Waals surface area contributed by atoms with E-state index in [2.05, 4.69) is 14.8 Å². The minimum atomic E-state index is -0.578. The van der Waals surface area contributed by atoms with E-state index >= 15 is 0 Å². The zero-order valence-corrected chi connectivity index (χ0v) is 18.4. The van der Waals surface area contributed by atoms with Crippen LogP contribution in [-0.4, -0.2) is 62.8 Å². The highest BCUT2D eigenvalue weighted by atomic mass is 16.5. The second kappa shape index (κ2) is 8.50. The lowest BCUT2D eigenvalue weighted by Gasteiger charge is -2.36. The third-order valence-electron chi connectivity index (χ3n) is 5.92. The molecule has 170 valence electrons. The number of amides is 1. The highest BCUT2D eigenvalue weighted by molar-refractivity contribution is 5.78. The van der Waals surface area contributed by atoms with E-state index in [0.29, 0.717) is 12.4 Å². The lowest BCUT2D eigenvalue weighted by molar-refractivity contribution is -0.118. The number of benzene rings is 1. The molecule has 0 spiro atoms. The minimum Gasteiger partial charge on any atom is -0.497 e. The van der Waals surface area contributed by atoms with Crippen LogP contribution in [0.15, 0.2) is 33.9 Å². The topological polar surface area (TPSA) is 121 Å². The number of aromatic nitrogens is 4. The van der Waals surface area contributed by atoms with Crippen LogP contribution in [0.1, 0.15) is 5.82 Å². The average molecular weight is 441 g/mol. The third-order valence-corrected chi connectivity index (χ3v) is 5.92. The molecule has 2 aromatic heterocycles. The first-order chi connectivity index (χ1) is 15.3. The Bertz CT molecular complexity index is 1260. The van der Waals surface area contributed by atoms with Crippen molar-refractivity contribution in [2.24, 2.45) is 19.8 Å². The molecular formula is C21H27N7O4. The molecule has 1 saturated heterocycles. The van der Waals surface area contributed by atoms with E-state index in [1.54, 1.807) is 14.2 Å². The van der Waals surface area contributed by atoms with Gasteiger partial charge in [-0.2, -0.15) is 0 Å². The van der Waals surface area contributed by atoms with Gasteiger partial charge in [0.15, 0.2) is 11.2 Å². The van der Waals surface area contributed by atoms with Crippen molar-refractivity contribution in [2.45, 2.75) is 13.1 Å². The standard InChI is InChI=1S/C21H27N7O4/c1-24-19-18(20(30)25(2)21(24)31)28(12-16(22)29)17(23-19)13-26-8-10-27(11-9-26)14-4-6-15(32-3)7-5-14/h4-7H,8-13H2,1-3H3,(H2,22,29). The van der Waals surface area contributed by atoms with Crippen molar-refractivity contribution in [3.05, 3.63) is 50.9 Å². The van der Waals surface area contributed by atoms with Gasteiger partial charge in [-0.1, -0.05) is 0 Å². The fraction of sp³-hybridized carbons (Fsp3) is 0.429. The van der Waals surface area contributed by atoms with Gasteiger partial charge in [-0.3, -0.25) is 23.6 Å². The summed E-state index contributed by atoms with van der Waals surface area (Å²) in [5.41, 5.74) is 6.08. The Morgan fingerprint density at radius 2 is 1.72 bits per heavy atom. The molecule has 2 N–H and O–H groups in total. The minimum absolute atomic E-state index is 0.176. The predicted octanol–water partition coefficient (Wildman–Crippen LogP) is -0.750. The van der Waals surface area contributed by atoms with Gasteiger partial charge in [0.2, 0.25) is 5.91 Å². The number of hydrogen-bond donors (Lipinski definition) is 1. The Morgan fingerprint density at radius 3 is 2.31 bits per heavy atom. The molecule has 1 aromatic carbocycles. The first-order valence-corrected chi connectivity index (χ1v) is 10.3. The fourth-order valence-electron chi connectivity index (χ4n) is 4.10. The van der Waals surface area contributed by atoms with Crippen LogP contribution in [0.25, 0.3) is 11.2 Å². The second-order valence-corrected chi connectivity index (χ2v) is 7.92. The van der Waals surface area contributed by atoms with Crippen molar-refractivity contribution in [2.75, 3.05) is 38.2 Å². The van der Waals surface area contributed by atoms with Crippen LogP contribution in [-0.2, 0) is 32.0 Å². The quantitative estimate of drug-likeness (QED) is 0.534. The summed E-state index contributed by atoms with van der Waals surface area (Å²) in [6.07, 6.45) is 0. The van der Waals surface area contributed by atoms with Crippen LogP contribution in [0.4, 0.5) is 5.69 Å². The molecule has 0 unspecified atom stereocenters. The van der Waals surface area contributed by atoms with E-state index < -0.39 is 17.2 Å². The van der Waals surface area contributed by atoms with E-state index in [1.165, 1.54) is 16.2 Å². The summed E-state index contributed by atoms with van der Waals surface area (Å²) in [5.74, 6) is 0.780. The van der Waals surface area contributed by atoms with E-state index in [9.17, 15) is 14.4 Å². The van der Waals surface area contributed by atoms with Gasteiger partial charge in [0, 0.05) is 46.0 Å². The highest BCUT2D eigenvalue weighted by Crippen LogP contribution is 2.21. The number of nitrogens with two attached hydrogens (primary N) is 1. The Hall–Kier alpha value is -3.60. The average Bonchev–Trinajstić information content (AvgIpc) is 3.14. The van der Waals surface area contributed by atoms with Crippen LogP contribution in [0.2, 0.25) is 0 Å². The summed E-state index contributed by atoms with van der Waals surface area (Å²) < 4.78 is 9.09. The Balaban J connectivity index is 1.58. The van der Waals surface area contributed by atoms with Crippen molar-refractivity contribution in [3.63, 3.8) is 0 Å². The molecule has 1 aliphatic rings. The number of methoxy groups -OCH3 is 1. The summed E-state index contributed by atoms with van der Waals surface area (Å²) >= 11 is 0. The number of carbonyl (C=O) groups excluding carboxylic acids is 1. The maximum atomic E-state index is 12.8. The molecule has 1 amide bonds. The number of anilines is 1. The number of hydrogen-bond acceptors (Lipinski definition) is 7. The molecule has 0 bridgehead atoms. The van der Waals surface area contributed by atoms with E-state index in [-0.39, 0.29) is 17.7 Å². The maximum absolute atomic E-state index is 12.8. The number of ether oxygens (including phenoxy) is 1. The van der Waals surface area contributed by atoms with Crippen molar-refractivity contribution >= 4 is 22.8 Å². The lowest BCUT2D eigenvalue weighted by atomic mass is 10.2. The zero-order valence-electron chi connectivity index (χ0n) is 18.4. The molecule has 0 radical (unpaired) electrons. The van der Waals surface area contributed by atoms with Gasteiger partial charge < -0.3 is 19.9 Å². The summed E-state index contributed by atoms with van der Waals surface area (Å²) in [6.45, 7) is 3.47. The van der Waals surface area contributed by atoms with E-state index in [1.807, 2.05) is 24.3 Å². The molecule has 3 aromatic rings. The van der Waals surface area contributed by atoms with Gasteiger partial charge in [0.1, 0.15) is 18.1 Å². The van der Waals surface area contributed by atoms with Gasteiger partial charge in [0.25, 0.3) is 5.56 Å². The summed E-state index contributed by atoms with van der Waals surface area (Å²) in [7, 11) is 4.61. The van der Waals surface area contributed by atoms with Crippen LogP contribution >= 0.6 is 0 Å². The summed E-state index contributed by atoms with van der Waals surface area (Å²) in [6, 6.07) is 7.96. The molecule has 11 nitrogen and oxygen atoms in total. The predicted molar refractivity (Wildman–Crippen MR) is 120 cm³/mol. The van der Waals surface area contributed by atoms with Gasteiger partial charge in [-0.25, -0.2) is 9.78 Å². The van der Waals surface area contributed by atoms with E-state index in [4.69, 9.17) is 10.5 Å². The van der Waals surface area contributed by atoms with Crippen molar-refractivity contribution in [1.29, 1.82) is 0 Å². The monoisotopic (exact) mass is 441 g/mol. The first kappa shape index (κ1) is 21.6. The number of primary amides is 1. The summed E-state index contributed by atoms with van der Waals surface area (Å²) in [4.78, 5) is 45.8. The zero-order chi connectivity index (χ0) is 23.0. The SMILES string of the molecule is COc1ccc(N2CCN(Cc3nc4c(c(=O)n(C)c(=O)n4C)n3CC(N)=O)CC2)cc1. The molecule has 1 fully saturated rings. The lowest BCUT2D eigenvalue weighted by Crippen LogP contribution is -2.46. The molecule has 3 heterocycles. The number of piperazine rings is 1. The van der Waals surface area contributed by atoms with Crippen LogP contribution in [0.3, 0.4) is 0 Å². The Morgan fingerprint density at radius 1 is 1.06 bits per heavy atom.